The van der Waals surface area contributed by atoms with Crippen molar-refractivity contribution in [1.82, 2.24) is 9.80 Å². The number of carbonyl (C=O) groups excluding carboxylic acids is 2. The molecule has 0 aromatic heterocycles. The van der Waals surface area contributed by atoms with E-state index in [2.05, 4.69) is 42.2 Å². The van der Waals surface area contributed by atoms with E-state index >= 15 is 0 Å². The van der Waals surface area contributed by atoms with E-state index in [9.17, 15) is 24.6 Å². The first-order valence-electron chi connectivity index (χ1n) is 36.5. The van der Waals surface area contributed by atoms with Crippen LogP contribution in [0.4, 0.5) is 9.59 Å². The van der Waals surface area contributed by atoms with Crippen LogP contribution in [-0.2, 0) is 28.5 Å². The number of allylic oxidation sites excluding steroid dienone is 2. The maximum absolute atomic E-state index is 13.4. The zero-order valence-corrected chi connectivity index (χ0v) is 56.3. The molecule has 0 aromatic carbocycles. The number of hydrogen-bond acceptors (Lipinski definition) is 12. The zero-order chi connectivity index (χ0) is 61.9. The van der Waals surface area contributed by atoms with E-state index in [0.29, 0.717) is 32.0 Å². The highest BCUT2D eigenvalue weighted by Crippen LogP contribution is 2.36. The summed E-state index contributed by atoms with van der Waals surface area (Å²) >= 11 is 0. The minimum Gasteiger partial charge on any atom is -0.495 e. The molecule has 1 rings (SSSR count). The van der Waals surface area contributed by atoms with Gasteiger partial charge in [0.25, 0.3) is 0 Å². The summed E-state index contributed by atoms with van der Waals surface area (Å²) in [6.45, 7) is 16.8. The van der Waals surface area contributed by atoms with Gasteiger partial charge in [-0.3, -0.25) is 4.79 Å². The van der Waals surface area contributed by atoms with Crippen molar-refractivity contribution in [2.45, 2.75) is 374 Å². The highest BCUT2D eigenvalue weighted by molar-refractivity contribution is 5.69. The molecule has 0 aliphatic heterocycles. The van der Waals surface area contributed by atoms with Crippen molar-refractivity contribution in [3.05, 3.63) is 11.3 Å². The third-order valence-corrected chi connectivity index (χ3v) is 17.4. The van der Waals surface area contributed by atoms with Gasteiger partial charge < -0.3 is 48.8 Å². The lowest BCUT2D eigenvalue weighted by Crippen LogP contribution is -2.29. The van der Waals surface area contributed by atoms with Crippen LogP contribution in [0.1, 0.15) is 349 Å². The lowest BCUT2D eigenvalue weighted by molar-refractivity contribution is -0.151. The number of aliphatic hydroxyl groups excluding tert-OH is 2. The van der Waals surface area contributed by atoms with Crippen molar-refractivity contribution in [2.24, 2.45) is 0 Å². The first-order chi connectivity index (χ1) is 41.6. The van der Waals surface area contributed by atoms with Crippen LogP contribution in [0.25, 0.3) is 0 Å². The molecule has 3 atom stereocenters. The van der Waals surface area contributed by atoms with Gasteiger partial charge in [-0.2, -0.15) is 0 Å². The van der Waals surface area contributed by atoms with Crippen LogP contribution in [-0.4, -0.2) is 127 Å². The van der Waals surface area contributed by atoms with Gasteiger partial charge in [0.15, 0.2) is 0 Å². The number of esters is 1. The van der Waals surface area contributed by atoms with Crippen LogP contribution < -0.4 is 0 Å². The Balaban J connectivity index is 2.55. The Morgan fingerprint density at radius 3 is 1.21 bits per heavy atom. The smallest absolute Gasteiger partial charge is 0.495 e. The van der Waals surface area contributed by atoms with Crippen molar-refractivity contribution in [3.8, 4) is 0 Å². The van der Waals surface area contributed by atoms with Gasteiger partial charge in [-0.25, -0.2) is 9.59 Å². The highest BCUT2D eigenvalue weighted by Gasteiger charge is 2.25. The maximum Gasteiger partial charge on any atom is 0.508 e. The molecule has 502 valence electrons. The van der Waals surface area contributed by atoms with E-state index in [4.69, 9.17) is 24.1 Å². The number of aliphatic hydroxyl groups is 2. The van der Waals surface area contributed by atoms with Crippen molar-refractivity contribution >= 4 is 18.3 Å². The van der Waals surface area contributed by atoms with Gasteiger partial charge in [0.1, 0.15) is 18.3 Å². The van der Waals surface area contributed by atoms with E-state index < -0.39 is 12.3 Å². The average molecular weight is 1210 g/mol. The number of unbranched alkanes of at least 4 members (excludes halogenated alkanes) is 31. The van der Waals surface area contributed by atoms with E-state index in [1.54, 1.807) is 5.57 Å². The van der Waals surface area contributed by atoms with Crippen LogP contribution >= 0.6 is 0 Å². The van der Waals surface area contributed by atoms with Gasteiger partial charge in [-0.15, -0.1) is 0 Å². The molecule has 3 N–H and O–H groups in total. The van der Waals surface area contributed by atoms with Gasteiger partial charge in [0.2, 0.25) is 0 Å². The molecule has 1 aliphatic carbocycles. The standard InChI is InChI=1S/C72H138N2O11/c1-6-10-14-18-23-35-46-66(47-36-24-19-15-11-7-2)83-69(65-52-53-65)50-38-26-21-28-40-55-74(59-61-76)57-43-32-33-45-64(5)82-72(80)85-68(49-34-17-13-9-4)63-67(48-37-25-20-16-12-8-3)84-70(77)51-39-27-22-29-41-54-73(58-60-75)56-42-30-31-44-62-81-71(78)79/h64,66-68,75-76H,6-63H2,1-5H3,(H,78,79). The molecular weight excluding hydrogens is 1070 g/mol. The summed E-state index contributed by atoms with van der Waals surface area (Å²) in [5, 5.41) is 28.1. The largest absolute Gasteiger partial charge is 0.508 e. The fourth-order valence-electron chi connectivity index (χ4n) is 11.9. The first kappa shape index (κ1) is 80.4. The average Bonchev–Trinajstić information content (AvgIpc) is 4.55. The second-order valence-electron chi connectivity index (χ2n) is 25.6. The van der Waals surface area contributed by atoms with Crippen LogP contribution in [0, 0.1) is 0 Å². The SMILES string of the molecule is CCCCCCCCC(CC(CCCCCC)OC(=O)OC(C)CCCCCN(CCO)CCCCCCCC(OC(CCCCCCCC)CCCCCCCC)=C1CC1)OC(=O)CCCCCCCN(CCO)CCCCCCOC(=O)O. The van der Waals surface area contributed by atoms with Crippen molar-refractivity contribution in [1.29, 1.82) is 0 Å². The minimum absolute atomic E-state index is 0.133. The second kappa shape index (κ2) is 60.3. The summed E-state index contributed by atoms with van der Waals surface area (Å²) < 4.78 is 29.7. The molecule has 0 heterocycles. The van der Waals surface area contributed by atoms with Crippen LogP contribution in [0.5, 0.6) is 0 Å². The summed E-state index contributed by atoms with van der Waals surface area (Å²) in [6.07, 6.45) is 51.9. The van der Waals surface area contributed by atoms with Gasteiger partial charge in [0, 0.05) is 32.4 Å². The van der Waals surface area contributed by atoms with E-state index in [1.165, 1.54) is 160 Å². The molecule has 0 amide bonds. The fraction of sp³-hybridized carbons (Fsp3) is 0.931. The molecule has 13 nitrogen and oxygen atoms in total. The molecule has 1 fully saturated rings. The topological polar surface area (TPSA) is 165 Å². The predicted octanol–water partition coefficient (Wildman–Crippen LogP) is 19.9. The monoisotopic (exact) mass is 1210 g/mol. The molecule has 0 saturated heterocycles. The third kappa shape index (κ3) is 53.0. The summed E-state index contributed by atoms with van der Waals surface area (Å²) in [5.74, 6) is 1.19. The number of carbonyl (C=O) groups is 3. The number of carboxylic acid groups (broad SMARTS) is 1. The Morgan fingerprint density at radius 2 is 0.765 bits per heavy atom. The highest BCUT2D eigenvalue weighted by atomic mass is 16.7. The second-order valence-corrected chi connectivity index (χ2v) is 25.6. The van der Waals surface area contributed by atoms with Crippen LogP contribution in [0.2, 0.25) is 0 Å². The third-order valence-electron chi connectivity index (χ3n) is 17.4. The van der Waals surface area contributed by atoms with Crippen molar-refractivity contribution in [3.63, 3.8) is 0 Å². The molecule has 0 radical (unpaired) electrons. The Kier molecular flexibility index (Phi) is 57.0. The number of nitrogens with zero attached hydrogens (tertiary/aromatic N) is 2. The lowest BCUT2D eigenvalue weighted by atomic mass is 9.99. The zero-order valence-electron chi connectivity index (χ0n) is 56.3. The molecule has 1 saturated carbocycles. The summed E-state index contributed by atoms with van der Waals surface area (Å²) in [7, 11) is 0. The lowest BCUT2D eigenvalue weighted by Gasteiger charge is -2.25. The molecule has 13 heteroatoms. The first-order valence-corrected chi connectivity index (χ1v) is 36.5. The van der Waals surface area contributed by atoms with Gasteiger partial charge in [-0.05, 0) is 161 Å². The van der Waals surface area contributed by atoms with E-state index in [0.717, 1.165) is 174 Å². The maximum atomic E-state index is 13.4. The molecule has 0 spiro atoms. The molecular formula is C72H138N2O11. The molecule has 85 heavy (non-hydrogen) atoms. The fourth-order valence-corrected chi connectivity index (χ4v) is 11.9. The van der Waals surface area contributed by atoms with Crippen LogP contribution in [0.3, 0.4) is 0 Å². The number of ether oxygens (including phenoxy) is 5. The summed E-state index contributed by atoms with van der Waals surface area (Å²) in [6, 6.07) is 0. The Bertz CT molecular complexity index is 1510. The van der Waals surface area contributed by atoms with Crippen LogP contribution in [0.15, 0.2) is 11.3 Å². The quantitative estimate of drug-likeness (QED) is 0.0228. The number of rotatable bonds is 66. The Hall–Kier alpha value is -2.61. The van der Waals surface area contributed by atoms with Crippen molar-refractivity contribution < 1.29 is 53.4 Å². The summed E-state index contributed by atoms with van der Waals surface area (Å²) in [4.78, 5) is 42.0. The Morgan fingerprint density at radius 1 is 0.400 bits per heavy atom. The molecule has 3 unspecified atom stereocenters. The Labute approximate surface area is 523 Å². The van der Waals surface area contributed by atoms with Gasteiger partial charge in [-0.1, -0.05) is 201 Å². The normalized spacial score (nSPS) is 13.4. The molecule has 0 bridgehead atoms. The molecule has 1 aliphatic rings. The van der Waals surface area contributed by atoms with Crippen molar-refractivity contribution in [2.75, 3.05) is 59.1 Å². The van der Waals surface area contributed by atoms with E-state index in [-0.39, 0.29) is 44.1 Å². The molecule has 0 aromatic rings. The van der Waals surface area contributed by atoms with Gasteiger partial charge in [0.05, 0.1) is 31.7 Å². The summed E-state index contributed by atoms with van der Waals surface area (Å²) in [5.41, 5.74) is 1.59. The van der Waals surface area contributed by atoms with E-state index in [1.807, 2.05) is 6.92 Å². The number of hydrogen-bond donors (Lipinski definition) is 3. The predicted molar refractivity (Wildman–Crippen MR) is 353 cm³/mol. The van der Waals surface area contributed by atoms with Gasteiger partial charge >= 0.3 is 18.3 Å². The minimum atomic E-state index is -1.22.